The highest BCUT2D eigenvalue weighted by Gasteiger charge is 2.13. The number of rotatable bonds is 5. The van der Waals surface area contributed by atoms with Crippen LogP contribution in [0.2, 0.25) is 0 Å². The summed E-state index contributed by atoms with van der Waals surface area (Å²) in [5.74, 6) is 0.371. The average molecular weight is 296 g/mol. The highest BCUT2D eigenvalue weighted by atomic mass is 35.5. The van der Waals surface area contributed by atoms with Gasteiger partial charge in [0.2, 0.25) is 0 Å². The van der Waals surface area contributed by atoms with Crippen LogP contribution in [-0.2, 0) is 12.3 Å². The zero-order valence-corrected chi connectivity index (χ0v) is 12.1. The molecule has 106 valence electrons. The predicted octanol–water partition coefficient (Wildman–Crippen LogP) is 4.32. The van der Waals surface area contributed by atoms with Gasteiger partial charge in [0, 0.05) is 11.8 Å². The molecule has 0 saturated heterocycles. The van der Waals surface area contributed by atoms with E-state index in [9.17, 15) is 4.39 Å². The zero-order chi connectivity index (χ0) is 14.5. The molecule has 0 spiro atoms. The number of halogens is 2. The molecule has 0 bridgehead atoms. The third-order valence-corrected chi connectivity index (χ3v) is 3.21. The van der Waals surface area contributed by atoms with Crippen LogP contribution in [0.4, 0.5) is 4.39 Å². The molecule has 3 nitrogen and oxygen atoms in total. The summed E-state index contributed by atoms with van der Waals surface area (Å²) in [7, 11) is 1.54. The number of aromatic nitrogens is 1. The lowest BCUT2D eigenvalue weighted by Gasteiger charge is -2.12. The number of hydrogen-bond acceptors (Lipinski definition) is 3. The first-order chi connectivity index (χ1) is 9.69. The minimum Gasteiger partial charge on any atom is -0.493 e. The molecule has 0 aliphatic heterocycles. The lowest BCUT2D eigenvalue weighted by Crippen LogP contribution is -1.98. The van der Waals surface area contributed by atoms with Gasteiger partial charge in [0.25, 0.3) is 5.88 Å². The molecule has 2 rings (SSSR count). The van der Waals surface area contributed by atoms with Gasteiger partial charge in [-0.2, -0.15) is 0 Å². The van der Waals surface area contributed by atoms with Crippen LogP contribution in [0.3, 0.4) is 0 Å². The second-order valence-corrected chi connectivity index (χ2v) is 4.43. The number of aryl methyl sites for hydroxylation is 1. The Labute approximate surface area is 122 Å². The molecule has 1 heterocycles. The molecule has 0 amide bonds. The molecule has 0 fully saturated rings. The van der Waals surface area contributed by atoms with Crippen molar-refractivity contribution in [3.05, 3.63) is 47.4 Å². The summed E-state index contributed by atoms with van der Waals surface area (Å²) >= 11 is 5.66. The van der Waals surface area contributed by atoms with Gasteiger partial charge in [-0.05, 0) is 30.2 Å². The Bertz CT molecular complexity index is 604. The van der Waals surface area contributed by atoms with Crippen LogP contribution in [0.1, 0.15) is 18.1 Å². The van der Waals surface area contributed by atoms with Crippen molar-refractivity contribution < 1.29 is 13.9 Å². The van der Waals surface area contributed by atoms with Crippen molar-refractivity contribution >= 4 is 11.6 Å². The van der Waals surface area contributed by atoms with Crippen LogP contribution in [-0.4, -0.2) is 12.1 Å². The number of benzene rings is 1. The average Bonchev–Trinajstić information content (AvgIpc) is 2.49. The van der Waals surface area contributed by atoms with E-state index in [1.54, 1.807) is 13.2 Å². The summed E-state index contributed by atoms with van der Waals surface area (Å²) in [5, 5.41) is 0. The fourth-order valence-electron chi connectivity index (χ4n) is 1.76. The number of methoxy groups -OCH3 is 1. The Balaban J connectivity index is 2.35. The molecular weight excluding hydrogens is 281 g/mol. The minimum absolute atomic E-state index is 0.0661. The van der Waals surface area contributed by atoms with Crippen molar-refractivity contribution in [1.82, 2.24) is 4.98 Å². The molecule has 0 radical (unpaired) electrons. The monoisotopic (exact) mass is 295 g/mol. The molecule has 0 aliphatic rings. The quantitative estimate of drug-likeness (QED) is 0.770. The van der Waals surface area contributed by atoms with Gasteiger partial charge in [-0.25, -0.2) is 9.37 Å². The van der Waals surface area contributed by atoms with E-state index < -0.39 is 5.82 Å². The van der Waals surface area contributed by atoms with Gasteiger partial charge in [-0.3, -0.25) is 0 Å². The topological polar surface area (TPSA) is 31.4 Å². The van der Waals surface area contributed by atoms with Crippen molar-refractivity contribution in [2.45, 2.75) is 19.2 Å². The lowest BCUT2D eigenvalue weighted by molar-refractivity contribution is 0.363. The Kier molecular flexibility index (Phi) is 4.79. The van der Waals surface area contributed by atoms with E-state index in [4.69, 9.17) is 21.1 Å². The van der Waals surface area contributed by atoms with Crippen LogP contribution in [0.5, 0.6) is 17.4 Å². The molecule has 2 aromatic rings. The highest BCUT2D eigenvalue weighted by molar-refractivity contribution is 6.17. The van der Waals surface area contributed by atoms with Gasteiger partial charge in [-0.15, -0.1) is 11.6 Å². The lowest BCUT2D eigenvalue weighted by atomic mass is 10.1. The zero-order valence-electron chi connectivity index (χ0n) is 11.3. The summed E-state index contributed by atoms with van der Waals surface area (Å²) < 4.78 is 24.8. The number of nitrogens with zero attached hydrogens (tertiary/aromatic N) is 1. The molecule has 0 atom stereocenters. The van der Waals surface area contributed by atoms with Crippen LogP contribution in [0.15, 0.2) is 30.5 Å². The Morgan fingerprint density at radius 3 is 2.70 bits per heavy atom. The Morgan fingerprint density at radius 2 is 2.05 bits per heavy atom. The molecule has 5 heteroatoms. The van der Waals surface area contributed by atoms with Gasteiger partial charge < -0.3 is 9.47 Å². The maximum atomic E-state index is 14.0. The first kappa shape index (κ1) is 14.6. The van der Waals surface area contributed by atoms with Crippen molar-refractivity contribution in [2.75, 3.05) is 7.11 Å². The Hall–Kier alpha value is -1.81. The molecule has 0 N–H and O–H groups in total. The van der Waals surface area contributed by atoms with E-state index >= 15 is 0 Å². The second kappa shape index (κ2) is 6.57. The SMILES string of the molecule is CCc1ccc(Oc2nccc(CCl)c2F)c(OC)c1. The summed E-state index contributed by atoms with van der Waals surface area (Å²) in [5.41, 5.74) is 1.46. The maximum absolute atomic E-state index is 14.0. The predicted molar refractivity (Wildman–Crippen MR) is 76.2 cm³/mol. The standard InChI is InChI=1S/C15H15ClFNO2/c1-3-10-4-5-12(13(8-10)19-2)20-15-14(17)11(9-16)6-7-18-15/h4-8H,3,9H2,1-2H3. The molecule has 0 aliphatic carbocycles. The van der Waals surface area contributed by atoms with E-state index in [0.717, 1.165) is 12.0 Å². The third-order valence-electron chi connectivity index (χ3n) is 2.92. The molecule has 0 saturated carbocycles. The summed E-state index contributed by atoms with van der Waals surface area (Å²) in [6.45, 7) is 2.04. The molecule has 20 heavy (non-hydrogen) atoms. The molecule has 0 unspecified atom stereocenters. The fourth-order valence-corrected chi connectivity index (χ4v) is 1.96. The van der Waals surface area contributed by atoms with Crippen molar-refractivity contribution in [2.24, 2.45) is 0 Å². The largest absolute Gasteiger partial charge is 0.493 e. The van der Waals surface area contributed by atoms with E-state index in [1.807, 2.05) is 19.1 Å². The first-order valence-electron chi connectivity index (χ1n) is 6.23. The maximum Gasteiger partial charge on any atom is 0.256 e. The van der Waals surface area contributed by atoms with E-state index in [0.29, 0.717) is 17.1 Å². The Morgan fingerprint density at radius 1 is 1.25 bits per heavy atom. The third kappa shape index (κ3) is 3.02. The number of hydrogen-bond donors (Lipinski definition) is 0. The van der Waals surface area contributed by atoms with E-state index in [1.165, 1.54) is 12.3 Å². The summed E-state index contributed by atoms with van der Waals surface area (Å²) in [6, 6.07) is 7.03. The molecule has 1 aromatic carbocycles. The summed E-state index contributed by atoms with van der Waals surface area (Å²) in [6.07, 6.45) is 2.34. The molecule has 1 aromatic heterocycles. The van der Waals surface area contributed by atoms with Gasteiger partial charge in [-0.1, -0.05) is 13.0 Å². The van der Waals surface area contributed by atoms with Crippen molar-refractivity contribution in [3.8, 4) is 17.4 Å². The second-order valence-electron chi connectivity index (χ2n) is 4.16. The van der Waals surface area contributed by atoms with Crippen LogP contribution < -0.4 is 9.47 Å². The number of pyridine rings is 1. The fraction of sp³-hybridized carbons (Fsp3) is 0.267. The smallest absolute Gasteiger partial charge is 0.256 e. The van der Waals surface area contributed by atoms with Gasteiger partial charge in [0.05, 0.1) is 13.0 Å². The normalized spacial score (nSPS) is 10.4. The van der Waals surface area contributed by atoms with Crippen LogP contribution >= 0.6 is 11.6 Å². The minimum atomic E-state index is -0.552. The van der Waals surface area contributed by atoms with Crippen LogP contribution in [0.25, 0.3) is 0 Å². The summed E-state index contributed by atoms with van der Waals surface area (Å²) in [4.78, 5) is 3.89. The number of alkyl halides is 1. The highest BCUT2D eigenvalue weighted by Crippen LogP contribution is 2.33. The van der Waals surface area contributed by atoms with Crippen molar-refractivity contribution in [1.29, 1.82) is 0 Å². The van der Waals surface area contributed by atoms with Crippen molar-refractivity contribution in [3.63, 3.8) is 0 Å². The first-order valence-corrected chi connectivity index (χ1v) is 6.77. The van der Waals surface area contributed by atoms with Gasteiger partial charge in [0.15, 0.2) is 17.3 Å². The van der Waals surface area contributed by atoms with Gasteiger partial charge in [0.1, 0.15) is 0 Å². The number of ether oxygens (including phenoxy) is 2. The van der Waals surface area contributed by atoms with E-state index in [-0.39, 0.29) is 11.8 Å². The van der Waals surface area contributed by atoms with Gasteiger partial charge >= 0.3 is 0 Å². The van der Waals surface area contributed by atoms with E-state index in [2.05, 4.69) is 4.98 Å². The molecular formula is C15H15ClFNO2. The van der Waals surface area contributed by atoms with Crippen LogP contribution in [0, 0.1) is 5.82 Å².